The molecule has 1 aromatic heterocycles. The fraction of sp³-hybridized carbons (Fsp3) is 0.524. The molecule has 2 aromatic rings. The summed E-state index contributed by atoms with van der Waals surface area (Å²) in [5.41, 5.74) is 9.04. The average Bonchev–Trinajstić information content (AvgIpc) is 3.15. The fourth-order valence-electron chi connectivity index (χ4n) is 4.29. The van der Waals surface area contributed by atoms with E-state index in [1.165, 1.54) is 37.8 Å². The van der Waals surface area contributed by atoms with Crippen LogP contribution in [0.5, 0.6) is 0 Å². The van der Waals surface area contributed by atoms with Gasteiger partial charge in [0.25, 0.3) is 0 Å². The van der Waals surface area contributed by atoms with Crippen LogP contribution in [-0.4, -0.2) is 33.2 Å². The van der Waals surface area contributed by atoms with E-state index in [4.69, 9.17) is 5.73 Å². The second kappa shape index (κ2) is 8.23. The van der Waals surface area contributed by atoms with Crippen LogP contribution < -0.4 is 11.1 Å². The average molecular weight is 367 g/mol. The number of rotatable bonds is 5. The van der Waals surface area contributed by atoms with Gasteiger partial charge in [0.15, 0.2) is 0 Å². The van der Waals surface area contributed by atoms with Gasteiger partial charge in [0.05, 0.1) is 24.5 Å². The second-order valence-electron chi connectivity index (χ2n) is 7.72. The summed E-state index contributed by atoms with van der Waals surface area (Å²) in [7, 11) is 0. The predicted octanol–water partition coefficient (Wildman–Crippen LogP) is 2.35. The van der Waals surface area contributed by atoms with Gasteiger partial charge in [0.2, 0.25) is 5.91 Å². The molecule has 27 heavy (non-hydrogen) atoms. The van der Waals surface area contributed by atoms with Gasteiger partial charge in [-0.3, -0.25) is 14.4 Å². The van der Waals surface area contributed by atoms with Gasteiger partial charge < -0.3 is 11.1 Å². The number of hydrogen-bond donors (Lipinski definition) is 2. The van der Waals surface area contributed by atoms with Crippen molar-refractivity contribution in [1.29, 1.82) is 0 Å². The Morgan fingerprint density at radius 3 is 2.74 bits per heavy atom. The summed E-state index contributed by atoms with van der Waals surface area (Å²) in [6, 6.07) is 11.7. The molecule has 0 spiro atoms. The lowest BCUT2D eigenvalue weighted by Crippen LogP contribution is -2.42. The largest absolute Gasteiger partial charge is 0.349 e. The van der Waals surface area contributed by atoms with Gasteiger partial charge in [-0.2, -0.15) is 5.10 Å². The first kappa shape index (κ1) is 18.2. The Morgan fingerprint density at radius 1 is 1.19 bits per heavy atom. The van der Waals surface area contributed by atoms with Crippen molar-refractivity contribution < 1.29 is 4.79 Å². The summed E-state index contributed by atoms with van der Waals surface area (Å²) in [6.07, 6.45) is 6.76. The van der Waals surface area contributed by atoms with Crippen LogP contribution in [0, 0.1) is 0 Å². The summed E-state index contributed by atoms with van der Waals surface area (Å²) >= 11 is 0. The zero-order chi connectivity index (χ0) is 18.6. The monoisotopic (exact) mass is 367 g/mol. The van der Waals surface area contributed by atoms with Crippen molar-refractivity contribution >= 4 is 5.91 Å². The third-order valence-corrected chi connectivity index (χ3v) is 5.85. The molecule has 144 valence electrons. The highest BCUT2D eigenvalue weighted by molar-refractivity contribution is 5.82. The summed E-state index contributed by atoms with van der Waals surface area (Å²) in [4.78, 5) is 15.0. The minimum absolute atomic E-state index is 0.170. The standard InChI is InChI=1S/C21H29N5O/c22-20(16-7-3-1-4-8-16)21(27)23-14-17-13-19-15-25(11-12-26(19)24-17)18-9-5-2-6-10-18/h1,3-4,7-8,13,18,20H,2,5-6,9-12,14-15,22H2,(H,23,27)/t20-/m1/s1. The maximum atomic E-state index is 12.3. The van der Waals surface area contributed by atoms with Crippen molar-refractivity contribution in [2.75, 3.05) is 6.54 Å². The van der Waals surface area contributed by atoms with Crippen molar-refractivity contribution in [1.82, 2.24) is 20.0 Å². The predicted molar refractivity (Wildman–Crippen MR) is 105 cm³/mol. The lowest BCUT2D eigenvalue weighted by atomic mass is 9.94. The van der Waals surface area contributed by atoms with Gasteiger partial charge in [0.1, 0.15) is 6.04 Å². The number of nitrogens with zero attached hydrogens (tertiary/aromatic N) is 3. The maximum absolute atomic E-state index is 12.3. The molecule has 1 aliphatic carbocycles. The molecule has 6 nitrogen and oxygen atoms in total. The minimum Gasteiger partial charge on any atom is -0.349 e. The molecule has 2 heterocycles. The fourth-order valence-corrected chi connectivity index (χ4v) is 4.29. The third-order valence-electron chi connectivity index (χ3n) is 5.85. The molecule has 1 aliphatic heterocycles. The molecule has 1 aromatic carbocycles. The second-order valence-corrected chi connectivity index (χ2v) is 7.72. The molecule has 1 fully saturated rings. The van der Waals surface area contributed by atoms with Crippen LogP contribution in [0.2, 0.25) is 0 Å². The number of fused-ring (bicyclic) bond motifs is 1. The SMILES string of the molecule is N[C@@H](C(=O)NCc1cc2n(n1)CCN(C1CCCCC1)C2)c1ccccc1. The summed E-state index contributed by atoms with van der Waals surface area (Å²) in [5.74, 6) is -0.170. The van der Waals surface area contributed by atoms with Gasteiger partial charge in [-0.1, -0.05) is 49.6 Å². The van der Waals surface area contributed by atoms with Gasteiger partial charge >= 0.3 is 0 Å². The molecule has 1 amide bonds. The van der Waals surface area contributed by atoms with Crippen molar-refractivity contribution in [3.05, 3.63) is 53.3 Å². The van der Waals surface area contributed by atoms with Crippen molar-refractivity contribution in [2.24, 2.45) is 5.73 Å². The van der Waals surface area contributed by atoms with Gasteiger partial charge in [-0.25, -0.2) is 0 Å². The van der Waals surface area contributed by atoms with E-state index < -0.39 is 6.04 Å². The number of hydrogen-bond acceptors (Lipinski definition) is 4. The first-order chi connectivity index (χ1) is 13.2. The smallest absolute Gasteiger partial charge is 0.241 e. The van der Waals surface area contributed by atoms with E-state index in [-0.39, 0.29) is 5.91 Å². The van der Waals surface area contributed by atoms with Crippen LogP contribution >= 0.6 is 0 Å². The molecule has 1 saturated carbocycles. The van der Waals surface area contributed by atoms with Crippen LogP contribution in [0.4, 0.5) is 0 Å². The molecule has 0 radical (unpaired) electrons. The molecule has 1 atom stereocenters. The lowest BCUT2D eigenvalue weighted by Gasteiger charge is -2.36. The quantitative estimate of drug-likeness (QED) is 0.850. The van der Waals surface area contributed by atoms with Crippen molar-refractivity contribution in [3.63, 3.8) is 0 Å². The van der Waals surface area contributed by atoms with Crippen molar-refractivity contribution in [3.8, 4) is 0 Å². The third kappa shape index (κ3) is 4.22. The van der Waals surface area contributed by atoms with Crippen LogP contribution in [0.3, 0.4) is 0 Å². The number of amides is 1. The van der Waals surface area contributed by atoms with Gasteiger partial charge in [-0.05, 0) is 24.5 Å². The highest BCUT2D eigenvalue weighted by Crippen LogP contribution is 2.26. The number of nitrogens with one attached hydrogen (secondary N) is 1. The Kier molecular flexibility index (Phi) is 5.55. The van der Waals surface area contributed by atoms with E-state index in [0.29, 0.717) is 6.54 Å². The molecule has 0 bridgehead atoms. The Balaban J connectivity index is 1.33. The first-order valence-corrected chi connectivity index (χ1v) is 10.1. The molecule has 3 N–H and O–H groups in total. The first-order valence-electron chi connectivity index (χ1n) is 10.1. The van der Waals surface area contributed by atoms with Crippen molar-refractivity contribution in [2.45, 2.75) is 63.8 Å². The number of carbonyl (C=O) groups excluding carboxylic acids is 1. The Hall–Kier alpha value is -2.18. The van der Waals surface area contributed by atoms with Crippen LogP contribution in [0.1, 0.15) is 55.1 Å². The molecule has 4 rings (SSSR count). The van der Waals surface area contributed by atoms with E-state index in [9.17, 15) is 4.79 Å². The molecule has 6 heteroatoms. The van der Waals surface area contributed by atoms with Crippen LogP contribution in [0.25, 0.3) is 0 Å². The Bertz CT molecular complexity index is 766. The van der Waals surface area contributed by atoms with E-state index in [1.807, 2.05) is 30.3 Å². The number of carbonyl (C=O) groups is 1. The Morgan fingerprint density at radius 2 is 1.96 bits per heavy atom. The highest BCUT2D eigenvalue weighted by atomic mass is 16.2. The summed E-state index contributed by atoms with van der Waals surface area (Å²) in [5, 5.41) is 7.60. The molecular weight excluding hydrogens is 338 g/mol. The zero-order valence-corrected chi connectivity index (χ0v) is 15.8. The molecule has 2 aliphatic rings. The summed E-state index contributed by atoms with van der Waals surface area (Å²) in [6.45, 7) is 3.39. The topological polar surface area (TPSA) is 76.2 Å². The van der Waals surface area contributed by atoms with Crippen LogP contribution in [-0.2, 0) is 24.4 Å². The zero-order valence-electron chi connectivity index (χ0n) is 15.8. The van der Waals surface area contributed by atoms with E-state index in [0.717, 1.165) is 36.9 Å². The Labute approximate surface area is 160 Å². The summed E-state index contributed by atoms with van der Waals surface area (Å²) < 4.78 is 2.10. The lowest BCUT2D eigenvalue weighted by molar-refractivity contribution is -0.122. The van der Waals surface area contributed by atoms with Gasteiger partial charge in [-0.15, -0.1) is 0 Å². The number of aromatic nitrogens is 2. The minimum atomic E-state index is -0.648. The van der Waals surface area contributed by atoms with E-state index >= 15 is 0 Å². The number of benzene rings is 1. The maximum Gasteiger partial charge on any atom is 0.241 e. The van der Waals surface area contributed by atoms with Gasteiger partial charge in [0, 0.05) is 19.1 Å². The highest BCUT2D eigenvalue weighted by Gasteiger charge is 2.26. The molecule has 0 unspecified atom stereocenters. The number of nitrogens with two attached hydrogens (primary N) is 1. The molecular formula is C21H29N5O. The van der Waals surface area contributed by atoms with Crippen LogP contribution in [0.15, 0.2) is 36.4 Å². The van der Waals surface area contributed by atoms with E-state index in [2.05, 4.69) is 26.1 Å². The molecule has 0 saturated heterocycles. The normalized spacial score (nSPS) is 19.4. The van der Waals surface area contributed by atoms with E-state index in [1.54, 1.807) is 0 Å².